The van der Waals surface area contributed by atoms with Crippen molar-refractivity contribution in [1.29, 1.82) is 0 Å². The molecule has 1 atom stereocenters. The van der Waals surface area contributed by atoms with Crippen LogP contribution >= 0.6 is 0 Å². The second-order valence-corrected chi connectivity index (χ2v) is 8.32. The standard InChI is InChI=1S/C16H23FN2O4S/c1-24(21,22)7-6-19-5-4-13-8-14(2-3-15(13)16(19)20)23-11-12(9-17)10-18/h2-3,8,12H,4-7,9-11,18H2,1H3. The number of amides is 1. The van der Waals surface area contributed by atoms with E-state index in [1.165, 1.54) is 0 Å². The van der Waals surface area contributed by atoms with Gasteiger partial charge in [-0.2, -0.15) is 0 Å². The predicted octanol–water partition coefficient (Wildman–Crippen LogP) is 0.653. The van der Waals surface area contributed by atoms with Crippen LogP contribution in [0.4, 0.5) is 4.39 Å². The molecule has 1 amide bonds. The highest BCUT2D eigenvalue weighted by Crippen LogP contribution is 2.24. The Hall–Kier alpha value is -1.67. The molecule has 2 N–H and O–H groups in total. The normalized spacial score (nSPS) is 16.0. The molecule has 1 aromatic carbocycles. The van der Waals surface area contributed by atoms with Crippen LogP contribution in [0.2, 0.25) is 0 Å². The lowest BCUT2D eigenvalue weighted by Crippen LogP contribution is -2.40. The lowest BCUT2D eigenvalue weighted by atomic mass is 9.99. The Kier molecular flexibility index (Phi) is 6.17. The number of sulfone groups is 1. The van der Waals surface area contributed by atoms with E-state index < -0.39 is 16.5 Å². The maximum atomic E-state index is 12.6. The van der Waals surface area contributed by atoms with E-state index in [0.29, 0.717) is 24.3 Å². The van der Waals surface area contributed by atoms with Crippen molar-refractivity contribution in [3.05, 3.63) is 29.3 Å². The summed E-state index contributed by atoms with van der Waals surface area (Å²) >= 11 is 0. The number of halogens is 1. The first kappa shape index (κ1) is 18.7. The number of ether oxygens (including phenoxy) is 1. The number of benzene rings is 1. The maximum Gasteiger partial charge on any atom is 0.254 e. The fourth-order valence-corrected chi connectivity index (χ4v) is 3.03. The lowest BCUT2D eigenvalue weighted by molar-refractivity contribution is 0.0750. The summed E-state index contributed by atoms with van der Waals surface area (Å²) in [6, 6.07) is 5.13. The minimum absolute atomic E-state index is 0.0427. The Morgan fingerprint density at radius 3 is 2.79 bits per heavy atom. The number of hydrogen-bond acceptors (Lipinski definition) is 5. The molecule has 134 valence electrons. The number of alkyl halides is 1. The SMILES string of the molecule is CS(=O)(=O)CCN1CCc2cc(OCC(CN)CF)ccc2C1=O. The van der Waals surface area contributed by atoms with Crippen LogP contribution in [0.3, 0.4) is 0 Å². The van der Waals surface area contributed by atoms with Crippen LogP contribution in [0.5, 0.6) is 5.75 Å². The summed E-state index contributed by atoms with van der Waals surface area (Å²) < 4.78 is 40.7. The number of rotatable bonds is 8. The number of hydrogen-bond donors (Lipinski definition) is 1. The summed E-state index contributed by atoms with van der Waals surface area (Å²) in [5.41, 5.74) is 6.86. The van der Waals surface area contributed by atoms with E-state index >= 15 is 0 Å². The van der Waals surface area contributed by atoms with Crippen LogP contribution in [0.1, 0.15) is 15.9 Å². The third-order valence-electron chi connectivity index (χ3n) is 4.01. The fourth-order valence-electron chi connectivity index (χ4n) is 2.48. The van der Waals surface area contributed by atoms with Gasteiger partial charge in [-0.3, -0.25) is 9.18 Å². The smallest absolute Gasteiger partial charge is 0.254 e. The largest absolute Gasteiger partial charge is 0.493 e. The van der Waals surface area contributed by atoms with Crippen molar-refractivity contribution in [3.63, 3.8) is 0 Å². The molecule has 0 aromatic heterocycles. The van der Waals surface area contributed by atoms with Crippen molar-refractivity contribution in [2.24, 2.45) is 11.7 Å². The van der Waals surface area contributed by atoms with E-state index in [-0.39, 0.29) is 37.3 Å². The average Bonchev–Trinajstić information content (AvgIpc) is 2.54. The summed E-state index contributed by atoms with van der Waals surface area (Å²) in [5.74, 6) is 0.0288. The van der Waals surface area contributed by atoms with Gasteiger partial charge in [-0.1, -0.05) is 0 Å². The number of fused-ring (bicyclic) bond motifs is 1. The summed E-state index contributed by atoms with van der Waals surface area (Å²) in [5, 5.41) is 0. The van der Waals surface area contributed by atoms with Crippen molar-refractivity contribution in [1.82, 2.24) is 4.90 Å². The molecule has 0 aliphatic carbocycles. The molecule has 1 aliphatic rings. The highest BCUT2D eigenvalue weighted by molar-refractivity contribution is 7.90. The highest BCUT2D eigenvalue weighted by atomic mass is 32.2. The molecule has 1 heterocycles. The Labute approximate surface area is 141 Å². The molecule has 0 saturated carbocycles. The average molecular weight is 358 g/mol. The molecule has 2 rings (SSSR count). The van der Waals surface area contributed by atoms with Crippen LogP contribution in [0, 0.1) is 5.92 Å². The zero-order valence-corrected chi connectivity index (χ0v) is 14.5. The summed E-state index contributed by atoms with van der Waals surface area (Å²) in [6.07, 6.45) is 1.79. The number of nitrogens with zero attached hydrogens (tertiary/aromatic N) is 1. The second-order valence-electron chi connectivity index (χ2n) is 6.06. The molecule has 8 heteroatoms. The molecule has 0 radical (unpaired) electrons. The van der Waals surface area contributed by atoms with Gasteiger partial charge in [0.1, 0.15) is 15.6 Å². The molecule has 0 bridgehead atoms. The van der Waals surface area contributed by atoms with E-state index in [2.05, 4.69) is 0 Å². The van der Waals surface area contributed by atoms with Gasteiger partial charge in [0.15, 0.2) is 0 Å². The van der Waals surface area contributed by atoms with Gasteiger partial charge in [-0.15, -0.1) is 0 Å². The molecule has 1 unspecified atom stereocenters. The third-order valence-corrected chi connectivity index (χ3v) is 4.94. The van der Waals surface area contributed by atoms with Crippen molar-refractivity contribution in [2.75, 3.05) is 44.9 Å². The molecule has 0 fully saturated rings. The minimum Gasteiger partial charge on any atom is -0.493 e. The van der Waals surface area contributed by atoms with Gasteiger partial charge >= 0.3 is 0 Å². The maximum absolute atomic E-state index is 12.6. The topological polar surface area (TPSA) is 89.7 Å². The van der Waals surface area contributed by atoms with Crippen molar-refractivity contribution in [2.45, 2.75) is 6.42 Å². The van der Waals surface area contributed by atoms with Crippen LogP contribution < -0.4 is 10.5 Å². The zero-order chi connectivity index (χ0) is 17.7. The van der Waals surface area contributed by atoms with Crippen molar-refractivity contribution in [3.8, 4) is 5.75 Å². The molecule has 1 aliphatic heterocycles. The summed E-state index contributed by atoms with van der Waals surface area (Å²) in [4.78, 5) is 14.0. The minimum atomic E-state index is -3.11. The van der Waals surface area contributed by atoms with Gasteiger partial charge in [0, 0.05) is 37.4 Å². The highest BCUT2D eigenvalue weighted by Gasteiger charge is 2.25. The fraction of sp³-hybridized carbons (Fsp3) is 0.562. The predicted molar refractivity (Wildman–Crippen MR) is 89.8 cm³/mol. The van der Waals surface area contributed by atoms with Crippen LogP contribution in [-0.2, 0) is 16.3 Å². The van der Waals surface area contributed by atoms with Crippen LogP contribution in [-0.4, -0.2) is 64.1 Å². The number of nitrogens with two attached hydrogens (primary N) is 1. The number of carbonyl (C=O) groups excluding carboxylic acids is 1. The second kappa shape index (κ2) is 7.94. The first-order valence-corrected chi connectivity index (χ1v) is 9.89. The lowest BCUT2D eigenvalue weighted by Gasteiger charge is -2.28. The molecule has 0 saturated heterocycles. The van der Waals surface area contributed by atoms with Gasteiger partial charge < -0.3 is 15.4 Å². The van der Waals surface area contributed by atoms with E-state index in [0.717, 1.165) is 11.8 Å². The Morgan fingerprint density at radius 2 is 2.17 bits per heavy atom. The Morgan fingerprint density at radius 1 is 1.42 bits per heavy atom. The van der Waals surface area contributed by atoms with Gasteiger partial charge in [0.25, 0.3) is 5.91 Å². The Balaban J connectivity index is 2.03. The van der Waals surface area contributed by atoms with Gasteiger partial charge in [-0.05, 0) is 30.2 Å². The van der Waals surface area contributed by atoms with Crippen molar-refractivity contribution < 1.29 is 22.3 Å². The van der Waals surface area contributed by atoms with Gasteiger partial charge in [-0.25, -0.2) is 8.42 Å². The molecular weight excluding hydrogens is 335 g/mol. The van der Waals surface area contributed by atoms with Gasteiger partial charge in [0.2, 0.25) is 0 Å². The number of carbonyl (C=O) groups is 1. The van der Waals surface area contributed by atoms with Crippen LogP contribution in [0.15, 0.2) is 18.2 Å². The Bertz CT molecular complexity index is 689. The van der Waals surface area contributed by atoms with E-state index in [1.807, 2.05) is 0 Å². The molecule has 1 aromatic rings. The molecule has 6 nitrogen and oxygen atoms in total. The first-order chi connectivity index (χ1) is 11.3. The summed E-state index contributed by atoms with van der Waals surface area (Å²) in [7, 11) is -3.11. The first-order valence-electron chi connectivity index (χ1n) is 7.83. The zero-order valence-electron chi connectivity index (χ0n) is 13.7. The van der Waals surface area contributed by atoms with E-state index in [9.17, 15) is 17.6 Å². The summed E-state index contributed by atoms with van der Waals surface area (Å²) in [6.45, 7) is 0.551. The van der Waals surface area contributed by atoms with Crippen LogP contribution in [0.25, 0.3) is 0 Å². The van der Waals surface area contributed by atoms with Crippen molar-refractivity contribution >= 4 is 15.7 Å². The van der Waals surface area contributed by atoms with E-state index in [1.54, 1.807) is 23.1 Å². The monoisotopic (exact) mass is 358 g/mol. The van der Waals surface area contributed by atoms with E-state index in [4.69, 9.17) is 10.5 Å². The molecular formula is C16H23FN2O4S. The van der Waals surface area contributed by atoms with Gasteiger partial charge in [0.05, 0.1) is 19.0 Å². The molecule has 24 heavy (non-hydrogen) atoms. The quantitative estimate of drug-likeness (QED) is 0.737. The third kappa shape index (κ3) is 4.91. The molecule has 0 spiro atoms.